The summed E-state index contributed by atoms with van der Waals surface area (Å²) in [6.07, 6.45) is 4.04. The van der Waals surface area contributed by atoms with E-state index in [1.807, 2.05) is 18.2 Å². The van der Waals surface area contributed by atoms with E-state index >= 15 is 0 Å². The summed E-state index contributed by atoms with van der Waals surface area (Å²) in [4.78, 5) is 12.9. The van der Waals surface area contributed by atoms with E-state index in [1.165, 1.54) is 12.1 Å². The molecule has 1 saturated heterocycles. The summed E-state index contributed by atoms with van der Waals surface area (Å²) in [5.74, 6) is 0. The molecule has 2 rings (SSSR count). The monoisotopic (exact) mass is 189 g/mol. The van der Waals surface area contributed by atoms with Crippen molar-refractivity contribution < 1.29 is 4.79 Å². The molecule has 0 amide bonds. The topological polar surface area (TPSA) is 20.3 Å². The van der Waals surface area contributed by atoms with Gasteiger partial charge in [0.1, 0.15) is 6.29 Å². The highest BCUT2D eigenvalue weighted by Gasteiger charge is 2.23. The first-order chi connectivity index (χ1) is 6.92. The van der Waals surface area contributed by atoms with Crippen LogP contribution in [0.25, 0.3) is 0 Å². The Balaban J connectivity index is 2.13. The minimum Gasteiger partial charge on any atom is -0.368 e. The molecule has 2 heteroatoms. The van der Waals surface area contributed by atoms with E-state index in [0.29, 0.717) is 12.5 Å². The number of rotatable bonds is 3. The molecule has 1 aromatic rings. The average Bonchev–Trinajstić information content (AvgIpc) is 2.68. The molecule has 2 nitrogen and oxygen atoms in total. The molecule has 1 aliphatic rings. The molecule has 0 saturated carbocycles. The van der Waals surface area contributed by atoms with E-state index in [9.17, 15) is 4.79 Å². The van der Waals surface area contributed by atoms with Crippen molar-refractivity contribution in [1.29, 1.82) is 0 Å². The van der Waals surface area contributed by atoms with Crippen LogP contribution in [0.3, 0.4) is 0 Å². The van der Waals surface area contributed by atoms with Crippen LogP contribution >= 0.6 is 0 Å². The molecule has 0 aliphatic carbocycles. The Labute approximate surface area is 84.5 Å². The van der Waals surface area contributed by atoms with Gasteiger partial charge in [-0.1, -0.05) is 18.2 Å². The minimum atomic E-state index is 0.426. The van der Waals surface area contributed by atoms with Crippen molar-refractivity contribution in [3.05, 3.63) is 30.3 Å². The second kappa shape index (κ2) is 4.27. The van der Waals surface area contributed by atoms with Gasteiger partial charge in [-0.2, -0.15) is 0 Å². The van der Waals surface area contributed by atoms with Crippen LogP contribution in [0.1, 0.15) is 19.3 Å². The highest BCUT2D eigenvalue weighted by molar-refractivity contribution is 5.55. The van der Waals surface area contributed by atoms with Crippen LogP contribution in [0.2, 0.25) is 0 Å². The summed E-state index contributed by atoms with van der Waals surface area (Å²) in [7, 11) is 0. The van der Waals surface area contributed by atoms with Gasteiger partial charge in [-0.15, -0.1) is 0 Å². The van der Waals surface area contributed by atoms with Crippen molar-refractivity contribution in [3.63, 3.8) is 0 Å². The smallest absolute Gasteiger partial charge is 0.122 e. The summed E-state index contributed by atoms with van der Waals surface area (Å²) >= 11 is 0. The number of carbonyl (C=O) groups excluding carboxylic acids is 1. The maximum Gasteiger partial charge on any atom is 0.122 e. The molecular formula is C12H15NO. The Morgan fingerprint density at radius 3 is 2.86 bits per heavy atom. The first-order valence-electron chi connectivity index (χ1n) is 5.17. The lowest BCUT2D eigenvalue weighted by Gasteiger charge is -2.25. The second-order valence-electron chi connectivity index (χ2n) is 3.73. The fourth-order valence-corrected chi connectivity index (χ4v) is 2.15. The summed E-state index contributed by atoms with van der Waals surface area (Å²) in [5.41, 5.74) is 1.25. The van der Waals surface area contributed by atoms with Gasteiger partial charge >= 0.3 is 0 Å². The quantitative estimate of drug-likeness (QED) is 0.680. The lowest BCUT2D eigenvalue weighted by atomic mass is 10.1. The second-order valence-corrected chi connectivity index (χ2v) is 3.73. The highest BCUT2D eigenvalue weighted by atomic mass is 16.1. The number of para-hydroxylation sites is 1. The molecule has 1 unspecified atom stereocenters. The van der Waals surface area contributed by atoms with Crippen LogP contribution in [0.15, 0.2) is 30.3 Å². The van der Waals surface area contributed by atoms with Crippen molar-refractivity contribution in [2.45, 2.75) is 25.3 Å². The van der Waals surface area contributed by atoms with Crippen LogP contribution in [0.5, 0.6) is 0 Å². The SMILES string of the molecule is O=CCC1CCCN1c1ccccc1. The van der Waals surface area contributed by atoms with E-state index in [1.54, 1.807) is 0 Å². The van der Waals surface area contributed by atoms with Crippen LogP contribution in [0, 0.1) is 0 Å². The van der Waals surface area contributed by atoms with E-state index in [4.69, 9.17) is 0 Å². The Hall–Kier alpha value is -1.31. The molecule has 0 radical (unpaired) electrons. The Morgan fingerprint density at radius 1 is 1.36 bits per heavy atom. The number of carbonyl (C=O) groups is 1. The van der Waals surface area contributed by atoms with Crippen molar-refractivity contribution in [1.82, 2.24) is 0 Å². The average molecular weight is 189 g/mol. The zero-order valence-electron chi connectivity index (χ0n) is 8.23. The highest BCUT2D eigenvalue weighted by Crippen LogP contribution is 2.26. The number of hydrogen-bond donors (Lipinski definition) is 0. The Kier molecular flexibility index (Phi) is 2.82. The molecule has 1 aliphatic heterocycles. The summed E-state index contributed by atoms with van der Waals surface area (Å²) in [6, 6.07) is 10.8. The van der Waals surface area contributed by atoms with E-state index in [0.717, 1.165) is 19.3 Å². The third-order valence-corrected chi connectivity index (χ3v) is 2.83. The fourth-order valence-electron chi connectivity index (χ4n) is 2.15. The van der Waals surface area contributed by atoms with Crippen molar-refractivity contribution in [3.8, 4) is 0 Å². The number of hydrogen-bond acceptors (Lipinski definition) is 2. The largest absolute Gasteiger partial charge is 0.368 e. The molecule has 1 atom stereocenters. The molecule has 0 aromatic heterocycles. The predicted octanol–water partition coefficient (Wildman–Crippen LogP) is 2.24. The van der Waals surface area contributed by atoms with E-state index < -0.39 is 0 Å². The van der Waals surface area contributed by atoms with Crippen molar-refractivity contribution in [2.24, 2.45) is 0 Å². The number of anilines is 1. The van der Waals surface area contributed by atoms with Gasteiger partial charge in [-0.25, -0.2) is 0 Å². The number of nitrogens with zero attached hydrogens (tertiary/aromatic N) is 1. The molecule has 1 fully saturated rings. The van der Waals surface area contributed by atoms with Crippen LogP contribution < -0.4 is 4.90 Å². The molecule has 0 bridgehead atoms. The lowest BCUT2D eigenvalue weighted by molar-refractivity contribution is -0.108. The summed E-state index contributed by atoms with van der Waals surface area (Å²) in [6.45, 7) is 1.09. The van der Waals surface area contributed by atoms with Crippen LogP contribution in [-0.2, 0) is 4.79 Å². The van der Waals surface area contributed by atoms with Gasteiger partial charge in [0.25, 0.3) is 0 Å². The third-order valence-electron chi connectivity index (χ3n) is 2.83. The van der Waals surface area contributed by atoms with Crippen molar-refractivity contribution >= 4 is 12.0 Å². The van der Waals surface area contributed by atoms with Gasteiger partial charge in [0.05, 0.1) is 0 Å². The van der Waals surface area contributed by atoms with Crippen LogP contribution in [-0.4, -0.2) is 18.9 Å². The van der Waals surface area contributed by atoms with Gasteiger partial charge in [-0.3, -0.25) is 0 Å². The first-order valence-corrected chi connectivity index (χ1v) is 5.17. The van der Waals surface area contributed by atoms with Gasteiger partial charge in [0.15, 0.2) is 0 Å². The predicted molar refractivity (Wildman–Crippen MR) is 57.5 cm³/mol. The van der Waals surface area contributed by atoms with Gasteiger partial charge in [0.2, 0.25) is 0 Å². The molecule has 74 valence electrons. The molecule has 0 N–H and O–H groups in total. The first kappa shape index (κ1) is 9.25. The van der Waals surface area contributed by atoms with Crippen LogP contribution in [0.4, 0.5) is 5.69 Å². The zero-order valence-corrected chi connectivity index (χ0v) is 8.23. The molecule has 0 spiro atoms. The fraction of sp³-hybridized carbons (Fsp3) is 0.417. The Bertz CT molecular complexity index is 296. The normalized spacial score (nSPS) is 21.1. The van der Waals surface area contributed by atoms with E-state index in [2.05, 4.69) is 17.0 Å². The molecule has 14 heavy (non-hydrogen) atoms. The van der Waals surface area contributed by atoms with Gasteiger partial charge < -0.3 is 9.69 Å². The Morgan fingerprint density at radius 2 is 2.14 bits per heavy atom. The lowest BCUT2D eigenvalue weighted by Crippen LogP contribution is -2.29. The van der Waals surface area contributed by atoms with Gasteiger partial charge in [0, 0.05) is 24.7 Å². The van der Waals surface area contributed by atoms with E-state index in [-0.39, 0.29) is 0 Å². The number of benzene rings is 1. The third kappa shape index (κ3) is 1.79. The van der Waals surface area contributed by atoms with Gasteiger partial charge in [-0.05, 0) is 25.0 Å². The number of aldehydes is 1. The maximum absolute atomic E-state index is 10.5. The standard InChI is InChI=1S/C12H15NO/c14-10-8-12-7-4-9-13(12)11-5-2-1-3-6-11/h1-3,5-6,10,12H,4,7-9H2. The summed E-state index contributed by atoms with van der Waals surface area (Å²) < 4.78 is 0. The minimum absolute atomic E-state index is 0.426. The maximum atomic E-state index is 10.5. The molecule has 1 aromatic carbocycles. The van der Waals surface area contributed by atoms with Crippen molar-refractivity contribution in [2.75, 3.05) is 11.4 Å². The molecular weight excluding hydrogens is 174 g/mol. The zero-order chi connectivity index (χ0) is 9.80. The summed E-state index contributed by atoms with van der Waals surface area (Å²) in [5, 5.41) is 0. The molecule has 1 heterocycles.